The summed E-state index contributed by atoms with van der Waals surface area (Å²) in [6.07, 6.45) is 4.74. The molecule has 2 rings (SSSR count). The Balaban J connectivity index is 1.82. The molecule has 2 saturated heterocycles. The van der Waals surface area contributed by atoms with Crippen LogP contribution in [-0.4, -0.2) is 38.5 Å². The van der Waals surface area contributed by atoms with Gasteiger partial charge in [0.1, 0.15) is 0 Å². The molecule has 0 amide bonds. The van der Waals surface area contributed by atoms with Gasteiger partial charge < -0.3 is 14.8 Å². The lowest BCUT2D eigenvalue weighted by Crippen LogP contribution is -2.43. The zero-order valence-corrected chi connectivity index (χ0v) is 12.9. The molecule has 0 radical (unpaired) electrons. The molecule has 2 aliphatic rings. The van der Waals surface area contributed by atoms with Gasteiger partial charge >= 0.3 is 0 Å². The van der Waals surface area contributed by atoms with Gasteiger partial charge in [-0.2, -0.15) is 0 Å². The average Bonchev–Trinajstić information content (AvgIpc) is 2.86. The van der Waals surface area contributed by atoms with Gasteiger partial charge in [0.2, 0.25) is 0 Å². The summed E-state index contributed by atoms with van der Waals surface area (Å²) in [5.41, 5.74) is 0.0632. The van der Waals surface area contributed by atoms with Crippen molar-refractivity contribution in [2.45, 2.75) is 52.1 Å². The topological polar surface area (TPSA) is 30.5 Å². The van der Waals surface area contributed by atoms with Crippen LogP contribution in [0.5, 0.6) is 0 Å². The van der Waals surface area contributed by atoms with Crippen LogP contribution in [0.4, 0.5) is 0 Å². The highest BCUT2D eigenvalue weighted by molar-refractivity contribution is 4.92. The van der Waals surface area contributed by atoms with E-state index in [9.17, 15) is 0 Å². The second kappa shape index (κ2) is 7.05. The number of ether oxygens (including phenoxy) is 2. The summed E-state index contributed by atoms with van der Waals surface area (Å²) < 4.78 is 11.6. The van der Waals surface area contributed by atoms with Gasteiger partial charge in [-0.1, -0.05) is 20.8 Å². The summed E-state index contributed by atoms with van der Waals surface area (Å²) in [5, 5.41) is 3.56. The largest absolute Gasteiger partial charge is 0.378 e. The molecular formula is C16H31NO2. The van der Waals surface area contributed by atoms with Crippen molar-refractivity contribution < 1.29 is 9.47 Å². The van der Waals surface area contributed by atoms with E-state index in [1.54, 1.807) is 0 Å². The lowest BCUT2D eigenvalue weighted by Gasteiger charge is -2.41. The molecule has 4 atom stereocenters. The molecule has 0 saturated carbocycles. The van der Waals surface area contributed by atoms with Crippen LogP contribution in [0.3, 0.4) is 0 Å². The van der Waals surface area contributed by atoms with Gasteiger partial charge in [-0.15, -0.1) is 0 Å². The van der Waals surface area contributed by atoms with E-state index in [0.29, 0.717) is 0 Å². The van der Waals surface area contributed by atoms with Gasteiger partial charge in [0.15, 0.2) is 0 Å². The first-order chi connectivity index (χ1) is 9.17. The fourth-order valence-corrected chi connectivity index (χ4v) is 3.53. The molecule has 19 heavy (non-hydrogen) atoms. The molecule has 4 unspecified atom stereocenters. The van der Waals surface area contributed by atoms with Gasteiger partial charge in [0.05, 0.1) is 12.2 Å². The third kappa shape index (κ3) is 3.93. The maximum atomic E-state index is 6.04. The summed E-state index contributed by atoms with van der Waals surface area (Å²) in [4.78, 5) is 0. The fraction of sp³-hybridized carbons (Fsp3) is 1.00. The van der Waals surface area contributed by atoms with Gasteiger partial charge in [-0.05, 0) is 50.1 Å². The first kappa shape index (κ1) is 15.3. The second-order valence-electron chi connectivity index (χ2n) is 6.63. The van der Waals surface area contributed by atoms with Gasteiger partial charge in [0.25, 0.3) is 0 Å². The van der Waals surface area contributed by atoms with E-state index in [-0.39, 0.29) is 5.60 Å². The highest BCUT2D eigenvalue weighted by atomic mass is 16.6. The molecule has 1 spiro atoms. The maximum Gasteiger partial charge on any atom is 0.0939 e. The average molecular weight is 269 g/mol. The first-order valence-electron chi connectivity index (χ1n) is 8.09. The smallest absolute Gasteiger partial charge is 0.0939 e. The Hall–Kier alpha value is -0.120. The molecule has 3 nitrogen and oxygen atoms in total. The minimum absolute atomic E-state index is 0.0632. The molecule has 2 heterocycles. The van der Waals surface area contributed by atoms with Gasteiger partial charge in [-0.25, -0.2) is 0 Å². The third-order valence-electron chi connectivity index (χ3n) is 5.13. The van der Waals surface area contributed by atoms with Crippen LogP contribution in [0.15, 0.2) is 0 Å². The van der Waals surface area contributed by atoms with Crippen LogP contribution in [0, 0.1) is 17.8 Å². The van der Waals surface area contributed by atoms with Gasteiger partial charge in [0, 0.05) is 19.6 Å². The molecular weight excluding hydrogens is 238 g/mol. The second-order valence-corrected chi connectivity index (χ2v) is 6.63. The highest BCUT2D eigenvalue weighted by Gasteiger charge is 2.42. The Morgan fingerprint density at radius 3 is 2.84 bits per heavy atom. The Morgan fingerprint density at radius 1 is 1.32 bits per heavy atom. The molecule has 0 aromatic rings. The lowest BCUT2D eigenvalue weighted by molar-refractivity contribution is -0.108. The van der Waals surface area contributed by atoms with E-state index >= 15 is 0 Å². The molecule has 1 N–H and O–H groups in total. The quantitative estimate of drug-likeness (QED) is 0.752. The van der Waals surface area contributed by atoms with Crippen molar-refractivity contribution in [2.75, 3.05) is 32.9 Å². The van der Waals surface area contributed by atoms with Crippen molar-refractivity contribution in [1.29, 1.82) is 0 Å². The van der Waals surface area contributed by atoms with Crippen LogP contribution < -0.4 is 5.32 Å². The minimum Gasteiger partial charge on any atom is -0.378 e. The first-order valence-corrected chi connectivity index (χ1v) is 8.09. The molecule has 0 aromatic carbocycles. The van der Waals surface area contributed by atoms with E-state index in [2.05, 4.69) is 26.1 Å². The van der Waals surface area contributed by atoms with E-state index < -0.39 is 0 Å². The summed E-state index contributed by atoms with van der Waals surface area (Å²) in [7, 11) is 0. The summed E-state index contributed by atoms with van der Waals surface area (Å²) in [6, 6.07) is 0. The monoisotopic (exact) mass is 269 g/mol. The van der Waals surface area contributed by atoms with Crippen LogP contribution in [-0.2, 0) is 9.47 Å². The summed E-state index contributed by atoms with van der Waals surface area (Å²) in [5.74, 6) is 2.31. The zero-order valence-electron chi connectivity index (χ0n) is 12.9. The van der Waals surface area contributed by atoms with E-state index in [4.69, 9.17) is 9.47 Å². The molecule has 2 aliphatic heterocycles. The molecule has 0 bridgehead atoms. The Bertz CT molecular complexity index is 263. The van der Waals surface area contributed by atoms with Crippen molar-refractivity contribution in [3.63, 3.8) is 0 Å². The zero-order chi connectivity index (χ0) is 13.7. The lowest BCUT2D eigenvalue weighted by atomic mass is 9.74. The Kier molecular flexibility index (Phi) is 5.67. The summed E-state index contributed by atoms with van der Waals surface area (Å²) >= 11 is 0. The highest BCUT2D eigenvalue weighted by Crippen LogP contribution is 2.40. The van der Waals surface area contributed by atoms with E-state index in [1.807, 2.05) is 0 Å². The molecule has 3 heteroatoms. The molecule has 0 aliphatic carbocycles. The van der Waals surface area contributed by atoms with Crippen molar-refractivity contribution in [2.24, 2.45) is 17.8 Å². The van der Waals surface area contributed by atoms with Crippen LogP contribution in [0.1, 0.15) is 46.5 Å². The maximum absolute atomic E-state index is 6.04. The normalized spacial score (nSPS) is 34.6. The van der Waals surface area contributed by atoms with Crippen molar-refractivity contribution >= 4 is 0 Å². The molecule has 0 aromatic heterocycles. The Morgan fingerprint density at radius 2 is 2.16 bits per heavy atom. The fourth-order valence-electron chi connectivity index (χ4n) is 3.53. The van der Waals surface area contributed by atoms with Crippen LogP contribution in [0.2, 0.25) is 0 Å². The van der Waals surface area contributed by atoms with E-state index in [1.165, 1.54) is 19.3 Å². The molecule has 112 valence electrons. The van der Waals surface area contributed by atoms with Crippen LogP contribution >= 0.6 is 0 Å². The summed E-state index contributed by atoms with van der Waals surface area (Å²) in [6.45, 7) is 12.0. The predicted molar refractivity (Wildman–Crippen MR) is 78.3 cm³/mol. The minimum atomic E-state index is 0.0632. The SMILES string of the molecule is CCCNCC(C)C(C)C1CCOC2(CCOC2)C1. The Labute approximate surface area is 118 Å². The standard InChI is InChI=1S/C16H31NO2/c1-4-7-17-11-13(2)14(3)15-5-8-19-16(10-15)6-9-18-12-16/h13-15,17H,4-12H2,1-3H3. The van der Waals surface area contributed by atoms with Gasteiger partial charge in [-0.3, -0.25) is 0 Å². The number of hydrogen-bond acceptors (Lipinski definition) is 3. The predicted octanol–water partition coefficient (Wildman–Crippen LogP) is 2.84. The van der Waals surface area contributed by atoms with Crippen molar-refractivity contribution in [1.82, 2.24) is 5.32 Å². The number of nitrogens with one attached hydrogen (secondary N) is 1. The third-order valence-corrected chi connectivity index (χ3v) is 5.13. The number of hydrogen-bond donors (Lipinski definition) is 1. The van der Waals surface area contributed by atoms with Crippen molar-refractivity contribution in [3.05, 3.63) is 0 Å². The molecule has 2 fully saturated rings. The van der Waals surface area contributed by atoms with Crippen LogP contribution in [0.25, 0.3) is 0 Å². The van der Waals surface area contributed by atoms with Crippen molar-refractivity contribution in [3.8, 4) is 0 Å². The van der Waals surface area contributed by atoms with E-state index in [0.717, 1.165) is 57.1 Å². The number of rotatable bonds is 6.